The average molecular weight is 403 g/mol. The Morgan fingerprint density at radius 2 is 1.89 bits per heavy atom. The molecule has 1 saturated heterocycles. The van der Waals surface area contributed by atoms with Gasteiger partial charge in [0.2, 0.25) is 0 Å². The Morgan fingerprint density at radius 1 is 1.19 bits per heavy atom. The molecule has 0 aliphatic carbocycles. The molecule has 0 amide bonds. The van der Waals surface area contributed by atoms with Crippen molar-refractivity contribution in [3.63, 3.8) is 0 Å². The zero-order valence-electron chi connectivity index (χ0n) is 14.8. The molecule has 1 aliphatic heterocycles. The second-order valence-electron chi connectivity index (χ2n) is 5.71. The third-order valence-electron chi connectivity index (χ3n) is 3.97. The Kier molecular flexibility index (Phi) is 6.06. The highest BCUT2D eigenvalue weighted by Gasteiger charge is 2.45. The van der Waals surface area contributed by atoms with Crippen LogP contribution in [0.1, 0.15) is 20.1 Å². The Morgan fingerprint density at radius 3 is 2.56 bits per heavy atom. The highest BCUT2D eigenvalue weighted by atomic mass is 31.2. The Bertz CT molecular complexity index is 823. The number of aromatic nitrogens is 4. The van der Waals surface area contributed by atoms with Crippen molar-refractivity contribution in [2.45, 2.75) is 38.4 Å². The summed E-state index contributed by atoms with van der Waals surface area (Å²) in [6.07, 6.45) is -1.93. The van der Waals surface area contributed by atoms with Crippen LogP contribution in [-0.2, 0) is 22.9 Å². The standard InChI is InChI=1S/C14H22N5O7P/c1-3-23-27(22,24-4-2)25-5-8-10(20)11(21)14(26-8)19-7-18-9-12(15)16-6-17-13(9)19/h6-8,10-11,14,20-21H,3-5H2,1-2H3,(H2,15,16,17)/t8-,10-,11-,14+/m0/s1. The molecule has 0 saturated carbocycles. The summed E-state index contributed by atoms with van der Waals surface area (Å²) in [7, 11) is -3.77. The van der Waals surface area contributed by atoms with E-state index in [0.29, 0.717) is 11.2 Å². The molecule has 3 rings (SSSR count). The van der Waals surface area contributed by atoms with Crippen LogP contribution in [0.5, 0.6) is 0 Å². The van der Waals surface area contributed by atoms with Crippen LogP contribution in [0.4, 0.5) is 5.82 Å². The minimum absolute atomic E-state index is 0.124. The van der Waals surface area contributed by atoms with Crippen LogP contribution in [0.15, 0.2) is 12.7 Å². The summed E-state index contributed by atoms with van der Waals surface area (Å²) < 4.78 is 34.8. The number of hydrogen-bond acceptors (Lipinski definition) is 11. The van der Waals surface area contributed by atoms with E-state index in [0.717, 1.165) is 0 Å². The maximum Gasteiger partial charge on any atom is 0.474 e. The zero-order valence-corrected chi connectivity index (χ0v) is 15.7. The van der Waals surface area contributed by atoms with Crippen molar-refractivity contribution in [1.29, 1.82) is 0 Å². The van der Waals surface area contributed by atoms with E-state index in [1.165, 1.54) is 17.2 Å². The van der Waals surface area contributed by atoms with Gasteiger partial charge in [0.05, 0.1) is 26.1 Å². The number of nitrogen functional groups attached to an aromatic ring is 1. The lowest BCUT2D eigenvalue weighted by molar-refractivity contribution is -0.0524. The van der Waals surface area contributed by atoms with Crippen molar-refractivity contribution in [3.05, 3.63) is 12.7 Å². The van der Waals surface area contributed by atoms with E-state index in [1.54, 1.807) is 13.8 Å². The lowest BCUT2D eigenvalue weighted by atomic mass is 10.1. The number of anilines is 1. The highest BCUT2D eigenvalue weighted by Crippen LogP contribution is 2.49. The summed E-state index contributed by atoms with van der Waals surface area (Å²) >= 11 is 0. The molecule has 150 valence electrons. The van der Waals surface area contributed by atoms with Gasteiger partial charge in [-0.3, -0.25) is 18.1 Å². The molecule has 1 aliphatic rings. The van der Waals surface area contributed by atoms with E-state index in [1.807, 2.05) is 0 Å². The number of nitrogens with zero attached hydrogens (tertiary/aromatic N) is 4. The van der Waals surface area contributed by atoms with Crippen molar-refractivity contribution >= 4 is 24.8 Å². The van der Waals surface area contributed by atoms with Gasteiger partial charge in [-0.15, -0.1) is 0 Å². The van der Waals surface area contributed by atoms with Crippen LogP contribution in [-0.4, -0.2) is 67.9 Å². The van der Waals surface area contributed by atoms with Gasteiger partial charge in [-0.25, -0.2) is 19.5 Å². The molecular formula is C14H22N5O7P. The number of aliphatic hydroxyl groups excluding tert-OH is 2. The minimum Gasteiger partial charge on any atom is -0.387 e. The first-order chi connectivity index (χ1) is 12.9. The van der Waals surface area contributed by atoms with E-state index < -0.39 is 32.4 Å². The Hall–Kier alpha value is -1.66. The van der Waals surface area contributed by atoms with Crippen LogP contribution >= 0.6 is 7.82 Å². The topological polar surface area (TPSA) is 164 Å². The van der Waals surface area contributed by atoms with Gasteiger partial charge in [0, 0.05) is 0 Å². The summed E-state index contributed by atoms with van der Waals surface area (Å²) in [5.74, 6) is 0.182. The number of phosphoric ester groups is 1. The second kappa shape index (κ2) is 8.15. The third-order valence-corrected chi connectivity index (χ3v) is 5.58. The molecular weight excluding hydrogens is 381 g/mol. The molecule has 0 spiro atoms. The van der Waals surface area contributed by atoms with Crippen molar-refractivity contribution in [2.75, 3.05) is 25.6 Å². The van der Waals surface area contributed by atoms with E-state index in [9.17, 15) is 14.8 Å². The molecule has 13 heteroatoms. The molecule has 27 heavy (non-hydrogen) atoms. The first-order valence-electron chi connectivity index (χ1n) is 8.38. The average Bonchev–Trinajstić information content (AvgIpc) is 3.17. The lowest BCUT2D eigenvalue weighted by Crippen LogP contribution is -2.33. The number of phosphoric acid groups is 1. The number of nitrogens with two attached hydrogens (primary N) is 1. The van der Waals surface area contributed by atoms with Gasteiger partial charge in [-0.05, 0) is 13.8 Å². The summed E-state index contributed by atoms with van der Waals surface area (Å²) in [5.41, 5.74) is 6.44. The fourth-order valence-electron chi connectivity index (χ4n) is 2.75. The smallest absolute Gasteiger partial charge is 0.387 e. The van der Waals surface area contributed by atoms with Gasteiger partial charge in [0.15, 0.2) is 17.7 Å². The maximum atomic E-state index is 12.4. The molecule has 2 aromatic rings. The number of rotatable bonds is 8. The van der Waals surface area contributed by atoms with Gasteiger partial charge in [-0.2, -0.15) is 0 Å². The number of hydrogen-bond donors (Lipinski definition) is 3. The molecule has 3 heterocycles. The summed E-state index contributed by atoms with van der Waals surface area (Å²) in [6.45, 7) is 3.23. The zero-order chi connectivity index (χ0) is 19.6. The van der Waals surface area contributed by atoms with Crippen molar-refractivity contribution in [3.8, 4) is 0 Å². The molecule has 4 N–H and O–H groups in total. The quantitative estimate of drug-likeness (QED) is 0.517. The molecule has 0 radical (unpaired) electrons. The van der Waals surface area contributed by atoms with Crippen molar-refractivity contribution in [1.82, 2.24) is 19.5 Å². The second-order valence-corrected chi connectivity index (χ2v) is 7.38. The SMILES string of the molecule is CCOP(=O)(OCC)OC[C@@H]1O[C@@H](n2cnc3c(N)ncnc32)[C@@H](O)[C@H]1O. The summed E-state index contributed by atoms with van der Waals surface area (Å²) in [4.78, 5) is 12.0. The first-order valence-corrected chi connectivity index (χ1v) is 9.84. The van der Waals surface area contributed by atoms with E-state index in [2.05, 4.69) is 15.0 Å². The van der Waals surface area contributed by atoms with Gasteiger partial charge in [0.25, 0.3) is 0 Å². The monoisotopic (exact) mass is 403 g/mol. The first kappa shape index (κ1) is 20.1. The highest BCUT2D eigenvalue weighted by molar-refractivity contribution is 7.48. The van der Waals surface area contributed by atoms with Gasteiger partial charge >= 0.3 is 7.82 Å². The maximum absolute atomic E-state index is 12.4. The predicted molar refractivity (Wildman–Crippen MR) is 92.5 cm³/mol. The normalized spacial score (nSPS) is 26.1. The molecule has 0 bridgehead atoms. The van der Waals surface area contributed by atoms with Gasteiger partial charge in [-0.1, -0.05) is 0 Å². The lowest BCUT2D eigenvalue weighted by Gasteiger charge is -2.20. The Balaban J connectivity index is 1.75. The van der Waals surface area contributed by atoms with Gasteiger partial charge in [0.1, 0.15) is 30.2 Å². The van der Waals surface area contributed by atoms with Crippen LogP contribution in [0.3, 0.4) is 0 Å². The van der Waals surface area contributed by atoms with E-state index in [4.69, 9.17) is 24.0 Å². The molecule has 1 fully saturated rings. The van der Waals surface area contributed by atoms with Crippen molar-refractivity contribution in [2.24, 2.45) is 0 Å². The van der Waals surface area contributed by atoms with Gasteiger partial charge < -0.3 is 20.7 Å². The largest absolute Gasteiger partial charge is 0.474 e. The van der Waals surface area contributed by atoms with Crippen LogP contribution in [0.2, 0.25) is 0 Å². The van der Waals surface area contributed by atoms with Crippen LogP contribution in [0, 0.1) is 0 Å². The van der Waals surface area contributed by atoms with Crippen LogP contribution in [0.25, 0.3) is 11.2 Å². The van der Waals surface area contributed by atoms with Crippen molar-refractivity contribution < 1.29 is 33.1 Å². The molecule has 12 nitrogen and oxygen atoms in total. The number of aliphatic hydroxyl groups is 2. The third kappa shape index (κ3) is 3.97. The minimum atomic E-state index is -3.77. The van der Waals surface area contributed by atoms with Crippen LogP contribution < -0.4 is 5.73 Å². The fraction of sp³-hybridized carbons (Fsp3) is 0.643. The predicted octanol–water partition coefficient (Wildman–Crippen LogP) is 0.225. The number of ether oxygens (including phenoxy) is 1. The molecule has 2 aromatic heterocycles. The Labute approximate surface area is 154 Å². The van der Waals surface area contributed by atoms with E-state index >= 15 is 0 Å². The molecule has 0 aromatic carbocycles. The fourth-order valence-corrected chi connectivity index (χ4v) is 3.93. The molecule has 0 unspecified atom stereocenters. The number of fused-ring (bicyclic) bond motifs is 1. The summed E-state index contributed by atoms with van der Waals surface area (Å²) in [5, 5.41) is 20.7. The summed E-state index contributed by atoms with van der Waals surface area (Å²) in [6, 6.07) is 0. The van der Waals surface area contributed by atoms with E-state index in [-0.39, 0.29) is 25.6 Å². The number of imidazole rings is 1. The molecule has 4 atom stereocenters.